The van der Waals surface area contributed by atoms with Gasteiger partial charge < -0.3 is 0 Å². The van der Waals surface area contributed by atoms with Crippen molar-refractivity contribution in [3.05, 3.63) is 35.9 Å². The topological polar surface area (TPSA) is 0 Å². The molecule has 114 valence electrons. The molecule has 20 heavy (non-hydrogen) atoms. The van der Waals surface area contributed by atoms with Gasteiger partial charge in [-0.3, -0.25) is 0 Å². The predicted molar refractivity (Wildman–Crippen MR) is 95.1 cm³/mol. The summed E-state index contributed by atoms with van der Waals surface area (Å²) < 4.78 is 0. The first-order chi connectivity index (χ1) is 9.54. The molecule has 2 unspecified atom stereocenters. The SMILES string of the molecule is CCCCCCC(C)[Si](Cl)(Cl)C(CC)c1ccccc1. The Morgan fingerprint density at radius 3 is 2.20 bits per heavy atom. The minimum atomic E-state index is -2.29. The molecule has 0 heterocycles. The molecular formula is C17H28Cl2Si. The molecule has 0 nitrogen and oxygen atoms in total. The van der Waals surface area contributed by atoms with Crippen molar-refractivity contribution in [1.29, 1.82) is 0 Å². The largest absolute Gasteiger partial charge is 0.261 e. The number of benzene rings is 1. The Morgan fingerprint density at radius 1 is 1.00 bits per heavy atom. The van der Waals surface area contributed by atoms with Crippen LogP contribution < -0.4 is 0 Å². The summed E-state index contributed by atoms with van der Waals surface area (Å²) in [6.45, 7) is 4.41. The average Bonchev–Trinajstić information content (AvgIpc) is 2.45. The van der Waals surface area contributed by atoms with Crippen LogP contribution >= 0.6 is 22.2 Å². The Labute approximate surface area is 135 Å². The fourth-order valence-electron chi connectivity index (χ4n) is 2.83. The maximum atomic E-state index is 6.90. The highest BCUT2D eigenvalue weighted by Gasteiger charge is 2.43. The molecule has 0 aliphatic heterocycles. The van der Waals surface area contributed by atoms with Gasteiger partial charge >= 0.3 is 0 Å². The second kappa shape index (κ2) is 9.12. The van der Waals surface area contributed by atoms with Gasteiger partial charge in [0, 0.05) is 5.54 Å². The number of unbranched alkanes of at least 4 members (excludes halogenated alkanes) is 3. The summed E-state index contributed by atoms with van der Waals surface area (Å²) in [6.07, 6.45) is 7.36. The maximum Gasteiger partial charge on any atom is 0.261 e. The third kappa shape index (κ3) is 5.09. The van der Waals surface area contributed by atoms with Crippen LogP contribution in [0.25, 0.3) is 0 Å². The maximum absolute atomic E-state index is 6.90. The zero-order valence-electron chi connectivity index (χ0n) is 13.0. The van der Waals surface area contributed by atoms with E-state index in [1.54, 1.807) is 0 Å². The van der Waals surface area contributed by atoms with Crippen molar-refractivity contribution in [2.45, 2.75) is 70.4 Å². The second-order valence-electron chi connectivity index (χ2n) is 5.80. The van der Waals surface area contributed by atoms with E-state index in [0.29, 0.717) is 11.1 Å². The van der Waals surface area contributed by atoms with Crippen molar-refractivity contribution in [2.24, 2.45) is 0 Å². The van der Waals surface area contributed by atoms with Gasteiger partial charge in [-0.2, -0.15) is 0 Å². The smallest absolute Gasteiger partial charge is 0.145 e. The van der Waals surface area contributed by atoms with Crippen LogP contribution in [0.5, 0.6) is 0 Å². The number of hydrogen-bond donors (Lipinski definition) is 0. The molecule has 1 aromatic rings. The Kier molecular flexibility index (Phi) is 8.24. The average molecular weight is 331 g/mol. The van der Waals surface area contributed by atoms with Gasteiger partial charge in [0.15, 0.2) is 0 Å². The van der Waals surface area contributed by atoms with Crippen LogP contribution in [0, 0.1) is 0 Å². The van der Waals surface area contributed by atoms with Crippen molar-refractivity contribution >= 4 is 28.9 Å². The summed E-state index contributed by atoms with van der Waals surface area (Å²) >= 11 is 13.8. The van der Waals surface area contributed by atoms with Gasteiger partial charge in [-0.25, -0.2) is 0 Å². The van der Waals surface area contributed by atoms with Crippen LogP contribution in [0.2, 0.25) is 5.54 Å². The van der Waals surface area contributed by atoms with E-state index in [1.165, 1.54) is 37.7 Å². The van der Waals surface area contributed by atoms with Crippen LogP contribution in [-0.4, -0.2) is 6.69 Å². The highest BCUT2D eigenvalue weighted by molar-refractivity contribution is 7.46. The van der Waals surface area contributed by atoms with Crippen LogP contribution in [-0.2, 0) is 0 Å². The molecule has 2 atom stereocenters. The lowest BCUT2D eigenvalue weighted by Gasteiger charge is -2.32. The molecule has 0 N–H and O–H groups in total. The van der Waals surface area contributed by atoms with E-state index in [9.17, 15) is 0 Å². The molecule has 0 amide bonds. The fourth-order valence-corrected chi connectivity index (χ4v) is 7.62. The van der Waals surface area contributed by atoms with Crippen LogP contribution in [0.1, 0.15) is 70.4 Å². The van der Waals surface area contributed by atoms with Gasteiger partial charge in [-0.1, -0.05) is 83.2 Å². The first-order valence-electron chi connectivity index (χ1n) is 7.96. The normalized spacial score (nSPS) is 15.1. The third-order valence-electron chi connectivity index (χ3n) is 4.22. The summed E-state index contributed by atoms with van der Waals surface area (Å²) in [5, 5.41) is 0. The fraction of sp³-hybridized carbons (Fsp3) is 0.647. The lowest BCUT2D eigenvalue weighted by molar-refractivity contribution is 0.615. The van der Waals surface area contributed by atoms with Crippen LogP contribution in [0.15, 0.2) is 30.3 Å². The summed E-state index contributed by atoms with van der Waals surface area (Å²) in [5.74, 6) is 0. The van der Waals surface area contributed by atoms with Crippen molar-refractivity contribution in [3.63, 3.8) is 0 Å². The molecular weight excluding hydrogens is 303 g/mol. The van der Waals surface area contributed by atoms with E-state index < -0.39 is 6.69 Å². The van der Waals surface area contributed by atoms with Gasteiger partial charge in [0.1, 0.15) is 0 Å². The quantitative estimate of drug-likeness (QED) is 0.259. The molecule has 0 spiro atoms. The van der Waals surface area contributed by atoms with Gasteiger partial charge in [0.05, 0.1) is 0 Å². The van der Waals surface area contributed by atoms with E-state index in [2.05, 4.69) is 51.1 Å². The minimum absolute atomic E-state index is 0.341. The first-order valence-corrected chi connectivity index (χ1v) is 12.1. The summed E-state index contributed by atoms with van der Waals surface area (Å²) in [6, 6.07) is 10.6. The van der Waals surface area contributed by atoms with Gasteiger partial charge in [-0.05, 0) is 17.5 Å². The van der Waals surface area contributed by atoms with Gasteiger partial charge in [-0.15, -0.1) is 22.2 Å². The number of halogens is 2. The zero-order valence-corrected chi connectivity index (χ0v) is 15.6. The highest BCUT2D eigenvalue weighted by atomic mass is 35.7. The Bertz CT molecular complexity index is 365. The van der Waals surface area contributed by atoms with E-state index in [1.807, 2.05) is 0 Å². The summed E-state index contributed by atoms with van der Waals surface area (Å²) in [7, 11) is 0. The molecule has 0 aliphatic carbocycles. The van der Waals surface area contributed by atoms with Crippen LogP contribution in [0.3, 0.4) is 0 Å². The first kappa shape index (κ1) is 18.1. The summed E-state index contributed by atoms with van der Waals surface area (Å²) in [5.41, 5.74) is 2.10. The van der Waals surface area contributed by atoms with Crippen molar-refractivity contribution < 1.29 is 0 Å². The zero-order chi connectivity index (χ0) is 15.0. The van der Waals surface area contributed by atoms with E-state index in [0.717, 1.165) is 6.42 Å². The van der Waals surface area contributed by atoms with Gasteiger partial charge in [0.2, 0.25) is 0 Å². The second-order valence-corrected chi connectivity index (χ2v) is 13.2. The van der Waals surface area contributed by atoms with Crippen molar-refractivity contribution in [2.75, 3.05) is 0 Å². The molecule has 0 saturated heterocycles. The van der Waals surface area contributed by atoms with E-state index in [4.69, 9.17) is 22.2 Å². The third-order valence-corrected chi connectivity index (χ3v) is 11.3. The monoisotopic (exact) mass is 330 g/mol. The molecule has 0 aliphatic rings. The highest BCUT2D eigenvalue weighted by Crippen LogP contribution is 2.45. The van der Waals surface area contributed by atoms with Crippen LogP contribution in [0.4, 0.5) is 0 Å². The van der Waals surface area contributed by atoms with E-state index in [-0.39, 0.29) is 0 Å². The molecule has 1 aromatic carbocycles. The number of rotatable bonds is 9. The van der Waals surface area contributed by atoms with Crippen molar-refractivity contribution in [3.8, 4) is 0 Å². The Hall–Kier alpha value is 0.0169. The number of hydrogen-bond acceptors (Lipinski definition) is 0. The standard InChI is InChI=1S/C17H28Cl2Si/c1-4-6-7-9-12-15(3)20(18,19)17(5-2)16-13-10-8-11-14-16/h8,10-11,13-15,17H,4-7,9,12H2,1-3H3. The Morgan fingerprint density at radius 2 is 1.65 bits per heavy atom. The lowest BCUT2D eigenvalue weighted by atomic mass is 10.1. The van der Waals surface area contributed by atoms with E-state index >= 15 is 0 Å². The predicted octanol–water partition coefficient (Wildman–Crippen LogP) is 7.00. The van der Waals surface area contributed by atoms with Gasteiger partial charge in [0.25, 0.3) is 6.69 Å². The molecule has 0 bridgehead atoms. The molecule has 0 aromatic heterocycles. The molecule has 3 heteroatoms. The molecule has 0 radical (unpaired) electrons. The molecule has 0 saturated carbocycles. The minimum Gasteiger partial charge on any atom is -0.145 e. The Balaban J connectivity index is 2.68. The van der Waals surface area contributed by atoms with Crippen molar-refractivity contribution in [1.82, 2.24) is 0 Å². The lowest BCUT2D eigenvalue weighted by Crippen LogP contribution is -2.34. The molecule has 0 fully saturated rings. The summed E-state index contributed by atoms with van der Waals surface area (Å²) in [4.78, 5) is 0. The molecule has 1 rings (SSSR count).